The molecule has 18 heavy (non-hydrogen) atoms. The molecule has 1 aliphatic heterocycles. The Kier molecular flexibility index (Phi) is 4.24. The Labute approximate surface area is 112 Å². The monoisotopic (exact) mass is 267 g/mol. The third kappa shape index (κ3) is 3.23. The highest BCUT2D eigenvalue weighted by atomic mass is 32.1. The minimum atomic E-state index is -0.296. The fourth-order valence-electron chi connectivity index (χ4n) is 2.39. The normalized spacial score (nSPS) is 18.9. The first kappa shape index (κ1) is 13.4. The zero-order valence-corrected chi connectivity index (χ0v) is 11.8. The van der Waals surface area contributed by atoms with Gasteiger partial charge in [-0.05, 0) is 38.8 Å². The van der Waals surface area contributed by atoms with E-state index in [1.165, 1.54) is 9.75 Å². The molecule has 1 saturated heterocycles. The number of primary amides is 1. The number of rotatable bonds is 3. The molecule has 0 bridgehead atoms. The molecule has 1 fully saturated rings. The lowest BCUT2D eigenvalue weighted by molar-refractivity contribution is 0.183. The molecular weight excluding hydrogens is 246 g/mol. The first-order valence-electron chi connectivity index (χ1n) is 6.43. The van der Waals surface area contributed by atoms with Crippen molar-refractivity contribution in [2.45, 2.75) is 38.8 Å². The highest BCUT2D eigenvalue weighted by Gasteiger charge is 2.22. The zero-order chi connectivity index (χ0) is 13.1. The van der Waals surface area contributed by atoms with Gasteiger partial charge in [-0.25, -0.2) is 4.79 Å². The second-order valence-corrected chi connectivity index (χ2v) is 6.26. The number of hydrogen-bond acceptors (Lipinski definition) is 3. The molecule has 3 N–H and O–H groups in total. The maximum Gasteiger partial charge on any atom is 0.314 e. The summed E-state index contributed by atoms with van der Waals surface area (Å²) >= 11 is 1.84. The van der Waals surface area contributed by atoms with E-state index < -0.39 is 0 Å². The Balaban J connectivity index is 1.83. The summed E-state index contributed by atoms with van der Waals surface area (Å²) in [4.78, 5) is 15.5. The summed E-state index contributed by atoms with van der Waals surface area (Å²) < 4.78 is 0. The Morgan fingerprint density at radius 3 is 2.67 bits per heavy atom. The van der Waals surface area contributed by atoms with Crippen LogP contribution in [0.5, 0.6) is 0 Å². The van der Waals surface area contributed by atoms with E-state index in [1.54, 1.807) is 4.90 Å². The number of thiophene rings is 1. The fourth-order valence-corrected chi connectivity index (χ4v) is 3.28. The predicted octanol–water partition coefficient (Wildman–Crippen LogP) is 2.25. The van der Waals surface area contributed by atoms with E-state index in [0.29, 0.717) is 12.1 Å². The predicted molar refractivity (Wildman–Crippen MR) is 74.8 cm³/mol. The van der Waals surface area contributed by atoms with Gasteiger partial charge in [-0.3, -0.25) is 0 Å². The second-order valence-electron chi connectivity index (χ2n) is 4.94. The van der Waals surface area contributed by atoms with Crippen molar-refractivity contribution in [1.82, 2.24) is 10.2 Å². The minimum absolute atomic E-state index is 0.296. The van der Waals surface area contributed by atoms with Crippen molar-refractivity contribution in [1.29, 1.82) is 0 Å². The van der Waals surface area contributed by atoms with Crippen LogP contribution < -0.4 is 11.1 Å². The van der Waals surface area contributed by atoms with Crippen molar-refractivity contribution >= 4 is 17.4 Å². The largest absolute Gasteiger partial charge is 0.351 e. The van der Waals surface area contributed by atoms with Crippen LogP contribution in [0.3, 0.4) is 0 Å². The molecular formula is C13H21N3OS. The van der Waals surface area contributed by atoms with Crippen LogP contribution in [0.25, 0.3) is 0 Å². The molecule has 2 rings (SSSR count). The van der Waals surface area contributed by atoms with Gasteiger partial charge in [0, 0.05) is 34.9 Å². The van der Waals surface area contributed by atoms with Gasteiger partial charge in [0.2, 0.25) is 0 Å². The molecule has 1 aromatic rings. The summed E-state index contributed by atoms with van der Waals surface area (Å²) in [5.41, 5.74) is 5.28. The molecule has 4 nitrogen and oxygen atoms in total. The molecule has 100 valence electrons. The van der Waals surface area contributed by atoms with E-state index in [0.717, 1.165) is 25.9 Å². The molecule has 0 saturated carbocycles. The van der Waals surface area contributed by atoms with Crippen LogP contribution in [0.2, 0.25) is 0 Å². The van der Waals surface area contributed by atoms with Gasteiger partial charge in [-0.2, -0.15) is 0 Å². The van der Waals surface area contributed by atoms with Gasteiger partial charge < -0.3 is 16.0 Å². The molecule has 0 aliphatic carbocycles. The quantitative estimate of drug-likeness (QED) is 0.882. The van der Waals surface area contributed by atoms with E-state index in [-0.39, 0.29) is 6.03 Å². The molecule has 1 aromatic heterocycles. The molecule has 1 unspecified atom stereocenters. The topological polar surface area (TPSA) is 58.4 Å². The number of piperidine rings is 1. The lowest BCUT2D eigenvalue weighted by Crippen LogP contribution is -2.47. The number of aryl methyl sites for hydroxylation is 1. The first-order valence-corrected chi connectivity index (χ1v) is 7.24. The van der Waals surface area contributed by atoms with Gasteiger partial charge in [-0.1, -0.05) is 0 Å². The number of urea groups is 1. The smallest absolute Gasteiger partial charge is 0.314 e. The van der Waals surface area contributed by atoms with Crippen LogP contribution in [-0.4, -0.2) is 30.1 Å². The van der Waals surface area contributed by atoms with Gasteiger partial charge in [0.05, 0.1) is 0 Å². The molecule has 0 radical (unpaired) electrons. The van der Waals surface area contributed by atoms with Crippen LogP contribution >= 0.6 is 11.3 Å². The Bertz CT molecular complexity index is 410. The summed E-state index contributed by atoms with van der Waals surface area (Å²) in [5, 5.41) is 3.64. The number of hydrogen-bond donors (Lipinski definition) is 2. The van der Waals surface area contributed by atoms with Gasteiger partial charge in [0.15, 0.2) is 0 Å². The molecule has 2 amide bonds. The van der Waals surface area contributed by atoms with Crippen molar-refractivity contribution in [2.24, 2.45) is 5.73 Å². The van der Waals surface area contributed by atoms with Gasteiger partial charge in [0.1, 0.15) is 0 Å². The second kappa shape index (κ2) is 5.71. The van der Waals surface area contributed by atoms with E-state index in [9.17, 15) is 4.79 Å². The first-order chi connectivity index (χ1) is 8.56. The van der Waals surface area contributed by atoms with E-state index in [4.69, 9.17) is 5.73 Å². The number of carbonyl (C=O) groups excluding carboxylic acids is 1. The van der Waals surface area contributed by atoms with E-state index in [2.05, 4.69) is 31.3 Å². The van der Waals surface area contributed by atoms with Crippen LogP contribution in [0.4, 0.5) is 4.79 Å². The van der Waals surface area contributed by atoms with Crippen LogP contribution in [-0.2, 0) is 0 Å². The van der Waals surface area contributed by atoms with E-state index in [1.807, 2.05) is 11.3 Å². The molecule has 1 aliphatic rings. The number of likely N-dealkylation sites (tertiary alicyclic amines) is 1. The number of nitrogens with one attached hydrogen (secondary N) is 1. The minimum Gasteiger partial charge on any atom is -0.351 e. The average Bonchev–Trinajstić information content (AvgIpc) is 2.76. The third-order valence-electron chi connectivity index (χ3n) is 3.48. The van der Waals surface area contributed by atoms with Crippen molar-refractivity contribution < 1.29 is 4.79 Å². The summed E-state index contributed by atoms with van der Waals surface area (Å²) in [6.07, 6.45) is 1.97. The fraction of sp³-hybridized carbons (Fsp3) is 0.615. The lowest BCUT2D eigenvalue weighted by atomic mass is 10.0. The number of nitrogens with two attached hydrogens (primary N) is 1. The molecule has 2 heterocycles. The third-order valence-corrected chi connectivity index (χ3v) is 4.66. The lowest BCUT2D eigenvalue weighted by Gasteiger charge is -2.32. The summed E-state index contributed by atoms with van der Waals surface area (Å²) in [5.74, 6) is 0. The maximum atomic E-state index is 11.0. The van der Waals surface area contributed by atoms with Crippen LogP contribution in [0, 0.1) is 6.92 Å². The maximum absolute atomic E-state index is 11.0. The van der Waals surface area contributed by atoms with Gasteiger partial charge in [0.25, 0.3) is 0 Å². The van der Waals surface area contributed by atoms with Crippen molar-refractivity contribution in [3.8, 4) is 0 Å². The molecule has 1 atom stereocenters. The van der Waals surface area contributed by atoms with E-state index >= 15 is 0 Å². The number of nitrogens with zero attached hydrogens (tertiary/aromatic N) is 1. The highest BCUT2D eigenvalue weighted by Crippen LogP contribution is 2.24. The van der Waals surface area contributed by atoms with Gasteiger partial charge >= 0.3 is 6.03 Å². The molecule has 5 heteroatoms. The molecule has 0 spiro atoms. The standard InChI is InChI=1S/C13H21N3OS/c1-9-3-4-12(18-9)10(2)15-11-5-7-16(8-6-11)13(14)17/h3-4,10-11,15H,5-8H2,1-2H3,(H2,14,17). The zero-order valence-electron chi connectivity index (χ0n) is 11.0. The highest BCUT2D eigenvalue weighted by molar-refractivity contribution is 7.12. The summed E-state index contributed by atoms with van der Waals surface area (Å²) in [7, 11) is 0. The van der Waals surface area contributed by atoms with Gasteiger partial charge in [-0.15, -0.1) is 11.3 Å². The Hall–Kier alpha value is -1.07. The Morgan fingerprint density at radius 2 is 2.17 bits per heavy atom. The molecule has 0 aromatic carbocycles. The summed E-state index contributed by atoms with van der Waals surface area (Å²) in [6, 6.07) is 4.92. The van der Waals surface area contributed by atoms with Crippen molar-refractivity contribution in [3.63, 3.8) is 0 Å². The average molecular weight is 267 g/mol. The van der Waals surface area contributed by atoms with Crippen LogP contribution in [0.1, 0.15) is 35.6 Å². The summed E-state index contributed by atoms with van der Waals surface area (Å²) in [6.45, 7) is 5.87. The Morgan fingerprint density at radius 1 is 1.50 bits per heavy atom. The number of amides is 2. The van der Waals surface area contributed by atoms with Crippen LogP contribution in [0.15, 0.2) is 12.1 Å². The SMILES string of the molecule is Cc1ccc(C(C)NC2CCN(C(N)=O)CC2)s1. The van der Waals surface area contributed by atoms with Crippen molar-refractivity contribution in [2.75, 3.05) is 13.1 Å². The number of carbonyl (C=O) groups is 1. The van der Waals surface area contributed by atoms with Crippen molar-refractivity contribution in [3.05, 3.63) is 21.9 Å².